The summed E-state index contributed by atoms with van der Waals surface area (Å²) < 4.78 is 0. The van der Waals surface area contributed by atoms with Crippen LogP contribution in [-0.2, 0) is 0 Å². The largest absolute Gasteiger partial charge is 0.352 e. The Hall–Kier alpha value is -1.26. The number of hydrogen-bond donors (Lipinski definition) is 1. The molecular formula is C20H28N2OS. The van der Waals surface area contributed by atoms with E-state index in [1.165, 1.54) is 31.4 Å². The lowest BCUT2D eigenvalue weighted by Gasteiger charge is -2.15. The standard InChI is InChI=1S/C20H28N2OS/c1-15(2)10-12-24-19-6-4-3-5-18(19)20(23)21-13-16-9-11-22(14-16)17-7-8-17/h3-6,10,16-17H,7-9,11-14H2,1-2H3,(H,21,23)/t16-/m0/s1. The van der Waals surface area contributed by atoms with Gasteiger partial charge in [-0.1, -0.05) is 23.8 Å². The lowest BCUT2D eigenvalue weighted by atomic mass is 10.1. The van der Waals surface area contributed by atoms with Gasteiger partial charge in [0.15, 0.2) is 0 Å². The molecule has 130 valence electrons. The van der Waals surface area contributed by atoms with E-state index >= 15 is 0 Å². The summed E-state index contributed by atoms with van der Waals surface area (Å²) in [6.45, 7) is 7.37. The van der Waals surface area contributed by atoms with E-state index in [1.807, 2.05) is 24.3 Å². The quantitative estimate of drug-likeness (QED) is 0.600. The topological polar surface area (TPSA) is 32.3 Å². The fourth-order valence-corrected chi connectivity index (χ4v) is 4.30. The first-order valence-electron chi connectivity index (χ1n) is 9.01. The number of allylic oxidation sites excluding steroid dienone is 1. The van der Waals surface area contributed by atoms with Crippen molar-refractivity contribution in [3.05, 3.63) is 41.5 Å². The second-order valence-electron chi connectivity index (χ2n) is 7.18. The van der Waals surface area contributed by atoms with Crippen molar-refractivity contribution >= 4 is 17.7 Å². The number of nitrogens with one attached hydrogen (secondary N) is 1. The number of likely N-dealkylation sites (tertiary alicyclic amines) is 1. The zero-order chi connectivity index (χ0) is 16.9. The fraction of sp³-hybridized carbons (Fsp3) is 0.550. The zero-order valence-corrected chi connectivity index (χ0v) is 15.6. The van der Waals surface area contributed by atoms with Crippen molar-refractivity contribution in [3.63, 3.8) is 0 Å². The smallest absolute Gasteiger partial charge is 0.252 e. The molecule has 1 amide bonds. The lowest BCUT2D eigenvalue weighted by Crippen LogP contribution is -2.31. The third-order valence-electron chi connectivity index (χ3n) is 4.79. The maximum Gasteiger partial charge on any atom is 0.252 e. The Kier molecular flexibility index (Phi) is 6.01. The van der Waals surface area contributed by atoms with Crippen LogP contribution in [0, 0.1) is 5.92 Å². The summed E-state index contributed by atoms with van der Waals surface area (Å²) in [6, 6.07) is 8.78. The van der Waals surface area contributed by atoms with Crippen LogP contribution in [0.4, 0.5) is 0 Å². The number of hydrogen-bond acceptors (Lipinski definition) is 3. The van der Waals surface area contributed by atoms with Gasteiger partial charge in [-0.25, -0.2) is 0 Å². The summed E-state index contributed by atoms with van der Waals surface area (Å²) >= 11 is 1.73. The molecule has 2 aliphatic rings. The van der Waals surface area contributed by atoms with Crippen LogP contribution in [0.1, 0.15) is 43.5 Å². The molecule has 24 heavy (non-hydrogen) atoms. The van der Waals surface area contributed by atoms with Crippen LogP contribution >= 0.6 is 11.8 Å². The monoisotopic (exact) mass is 344 g/mol. The Morgan fingerprint density at radius 1 is 1.29 bits per heavy atom. The van der Waals surface area contributed by atoms with Gasteiger partial charge in [-0.2, -0.15) is 0 Å². The first kappa shape index (κ1) is 17.6. The van der Waals surface area contributed by atoms with Crippen LogP contribution in [-0.4, -0.2) is 42.2 Å². The summed E-state index contributed by atoms with van der Waals surface area (Å²) in [6.07, 6.45) is 6.16. The average molecular weight is 345 g/mol. The normalized spacial score (nSPS) is 20.8. The SMILES string of the molecule is CC(C)=CCSc1ccccc1C(=O)NC[C@@H]1CCN(C2CC2)C1. The minimum Gasteiger partial charge on any atom is -0.352 e. The van der Waals surface area contributed by atoms with Gasteiger partial charge in [-0.15, -0.1) is 11.8 Å². The zero-order valence-electron chi connectivity index (χ0n) is 14.8. The van der Waals surface area contributed by atoms with Crippen LogP contribution in [0.25, 0.3) is 0 Å². The Balaban J connectivity index is 1.51. The van der Waals surface area contributed by atoms with Crippen molar-refractivity contribution in [1.29, 1.82) is 0 Å². The summed E-state index contributed by atoms with van der Waals surface area (Å²) in [4.78, 5) is 16.3. The Labute approximate surface area is 149 Å². The first-order valence-corrected chi connectivity index (χ1v) is 9.99. The van der Waals surface area contributed by atoms with Crippen LogP contribution < -0.4 is 5.32 Å². The molecule has 1 atom stereocenters. The second-order valence-corrected chi connectivity index (χ2v) is 8.24. The molecule has 0 radical (unpaired) electrons. The minimum absolute atomic E-state index is 0.0696. The first-order chi connectivity index (χ1) is 11.6. The number of rotatable bonds is 7. The maximum atomic E-state index is 12.6. The predicted molar refractivity (Wildman–Crippen MR) is 102 cm³/mol. The highest BCUT2D eigenvalue weighted by Crippen LogP contribution is 2.31. The molecule has 1 saturated carbocycles. The number of thioether (sulfide) groups is 1. The molecule has 0 bridgehead atoms. The number of carbonyl (C=O) groups excluding carboxylic acids is 1. The maximum absolute atomic E-state index is 12.6. The molecule has 3 nitrogen and oxygen atoms in total. The van der Waals surface area contributed by atoms with E-state index in [0.29, 0.717) is 5.92 Å². The van der Waals surface area contributed by atoms with E-state index in [0.717, 1.165) is 35.3 Å². The molecule has 0 aromatic heterocycles. The molecular weight excluding hydrogens is 316 g/mol. The molecule has 4 heteroatoms. The van der Waals surface area contributed by atoms with Gasteiger partial charge in [0.1, 0.15) is 0 Å². The van der Waals surface area contributed by atoms with E-state index in [4.69, 9.17) is 0 Å². The van der Waals surface area contributed by atoms with Gasteiger partial charge in [0.2, 0.25) is 0 Å². The molecule has 3 rings (SSSR count). The molecule has 2 fully saturated rings. The highest BCUT2D eigenvalue weighted by Gasteiger charge is 2.34. The van der Waals surface area contributed by atoms with Crippen molar-refractivity contribution in [3.8, 4) is 0 Å². The van der Waals surface area contributed by atoms with Gasteiger partial charge in [0, 0.05) is 29.8 Å². The Morgan fingerprint density at radius 3 is 2.83 bits per heavy atom. The fourth-order valence-electron chi connectivity index (χ4n) is 3.21. The van der Waals surface area contributed by atoms with Gasteiger partial charge in [0.05, 0.1) is 5.56 Å². The molecule has 1 aliphatic heterocycles. The van der Waals surface area contributed by atoms with Crippen LogP contribution in [0.15, 0.2) is 40.8 Å². The van der Waals surface area contributed by atoms with Crippen LogP contribution in [0.2, 0.25) is 0 Å². The lowest BCUT2D eigenvalue weighted by molar-refractivity contribution is 0.0944. The van der Waals surface area contributed by atoms with Crippen LogP contribution in [0.5, 0.6) is 0 Å². The molecule has 0 spiro atoms. The number of carbonyl (C=O) groups is 1. The van der Waals surface area contributed by atoms with E-state index in [9.17, 15) is 4.79 Å². The molecule has 1 N–H and O–H groups in total. The van der Waals surface area contributed by atoms with E-state index in [-0.39, 0.29) is 5.91 Å². The molecule has 1 saturated heterocycles. The van der Waals surface area contributed by atoms with Crippen molar-refractivity contribution in [2.45, 2.75) is 44.0 Å². The van der Waals surface area contributed by atoms with Gasteiger partial charge in [0.25, 0.3) is 5.91 Å². The number of amides is 1. The average Bonchev–Trinajstić information content (AvgIpc) is 3.31. The van der Waals surface area contributed by atoms with Crippen LogP contribution in [0.3, 0.4) is 0 Å². The third-order valence-corrected chi connectivity index (χ3v) is 5.79. The molecule has 1 aromatic rings. The van der Waals surface area contributed by atoms with Crippen molar-refractivity contribution in [2.75, 3.05) is 25.4 Å². The highest BCUT2D eigenvalue weighted by atomic mass is 32.2. The molecule has 1 aromatic carbocycles. The third kappa shape index (κ3) is 4.87. The predicted octanol–water partition coefficient (Wildman–Crippen LogP) is 3.96. The van der Waals surface area contributed by atoms with E-state index < -0.39 is 0 Å². The number of nitrogens with zero attached hydrogens (tertiary/aromatic N) is 1. The Morgan fingerprint density at radius 2 is 2.08 bits per heavy atom. The molecule has 1 heterocycles. The highest BCUT2D eigenvalue weighted by molar-refractivity contribution is 7.99. The van der Waals surface area contributed by atoms with Crippen molar-refractivity contribution in [2.24, 2.45) is 5.92 Å². The van der Waals surface area contributed by atoms with E-state index in [1.54, 1.807) is 11.8 Å². The molecule has 1 aliphatic carbocycles. The molecule has 0 unspecified atom stereocenters. The van der Waals surface area contributed by atoms with Gasteiger partial charge < -0.3 is 10.2 Å². The summed E-state index contributed by atoms with van der Waals surface area (Å²) in [5.74, 6) is 1.59. The van der Waals surface area contributed by atoms with Crippen molar-refractivity contribution in [1.82, 2.24) is 10.2 Å². The second kappa shape index (κ2) is 8.21. The number of benzene rings is 1. The van der Waals surface area contributed by atoms with Gasteiger partial charge >= 0.3 is 0 Å². The summed E-state index contributed by atoms with van der Waals surface area (Å²) in [5.41, 5.74) is 2.12. The van der Waals surface area contributed by atoms with Crippen molar-refractivity contribution < 1.29 is 4.79 Å². The van der Waals surface area contributed by atoms with Gasteiger partial charge in [-0.05, 0) is 57.7 Å². The van der Waals surface area contributed by atoms with Gasteiger partial charge in [-0.3, -0.25) is 4.79 Å². The summed E-state index contributed by atoms with van der Waals surface area (Å²) in [5, 5.41) is 3.17. The summed E-state index contributed by atoms with van der Waals surface area (Å²) in [7, 11) is 0. The van der Waals surface area contributed by atoms with E-state index in [2.05, 4.69) is 30.1 Å². The minimum atomic E-state index is 0.0696. The Bertz CT molecular complexity index is 605.